The van der Waals surface area contributed by atoms with Crippen LogP contribution in [0.5, 0.6) is 0 Å². The number of nitrogen functional groups attached to an aromatic ring is 1. The topological polar surface area (TPSA) is 117 Å². The number of thiol groups is 1. The molecule has 14 heteroatoms. The van der Waals surface area contributed by atoms with Gasteiger partial charge in [0.05, 0.1) is 23.1 Å². The second kappa shape index (κ2) is 11.0. The summed E-state index contributed by atoms with van der Waals surface area (Å²) < 4.78 is 80.7. The quantitative estimate of drug-likeness (QED) is 0.232. The highest BCUT2D eigenvalue weighted by Crippen LogP contribution is 2.41. The number of benzene rings is 2. The van der Waals surface area contributed by atoms with E-state index in [9.17, 15) is 26.0 Å². The molecule has 0 unspecified atom stereocenters. The Morgan fingerprint density at radius 1 is 0.875 bits per heavy atom. The molecule has 5 rings (SSSR count). The molecule has 0 aliphatic carbocycles. The average Bonchev–Trinajstić information content (AvgIpc) is 2.93. The minimum atomic E-state index is -4.86. The highest BCUT2D eigenvalue weighted by atomic mass is 32.2. The van der Waals surface area contributed by atoms with Crippen molar-refractivity contribution in [2.45, 2.75) is 6.18 Å². The molecule has 1 fully saturated rings. The number of alkyl halides is 3. The predicted molar refractivity (Wildman–Crippen MR) is 145 cm³/mol. The van der Waals surface area contributed by atoms with Gasteiger partial charge in [-0.05, 0) is 54.1 Å². The lowest BCUT2D eigenvalue weighted by atomic mass is 9.98. The van der Waals surface area contributed by atoms with Crippen molar-refractivity contribution in [3.05, 3.63) is 78.5 Å². The number of anilines is 4. The van der Waals surface area contributed by atoms with Crippen LogP contribution in [-0.2, 0) is 17.1 Å². The molecule has 0 saturated carbocycles. The maximum atomic E-state index is 14.0. The van der Waals surface area contributed by atoms with Gasteiger partial charge >= 0.3 is 6.18 Å². The van der Waals surface area contributed by atoms with Gasteiger partial charge in [0.25, 0.3) is 0 Å². The van der Waals surface area contributed by atoms with Gasteiger partial charge in [-0.15, -0.1) is 0 Å². The first kappa shape index (κ1) is 27.1. The number of hydrogen-bond acceptors (Lipinski definition) is 8. The maximum absolute atomic E-state index is 14.0. The van der Waals surface area contributed by atoms with Crippen molar-refractivity contribution in [3.8, 4) is 22.4 Å². The van der Waals surface area contributed by atoms with Gasteiger partial charge in [-0.3, -0.25) is 4.72 Å². The Kier molecular flexibility index (Phi) is 7.43. The first-order valence-electron chi connectivity index (χ1n) is 12.1. The molecule has 0 spiro atoms. The van der Waals surface area contributed by atoms with Crippen LogP contribution in [0.2, 0.25) is 0 Å². The molecule has 0 atom stereocenters. The van der Waals surface area contributed by atoms with Gasteiger partial charge in [0.15, 0.2) is 0 Å². The third kappa shape index (κ3) is 5.91. The zero-order valence-corrected chi connectivity index (χ0v) is 21.7. The van der Waals surface area contributed by atoms with E-state index in [4.69, 9.17) is 5.73 Å². The van der Waals surface area contributed by atoms with Crippen LogP contribution in [0.1, 0.15) is 5.82 Å². The number of pyridine rings is 1. The first-order chi connectivity index (χ1) is 19.1. The highest BCUT2D eigenvalue weighted by Gasteiger charge is 2.38. The Labute approximate surface area is 228 Å². The second-order valence-electron chi connectivity index (χ2n) is 8.97. The van der Waals surface area contributed by atoms with Crippen LogP contribution >= 0.6 is 0 Å². The number of halogens is 4. The van der Waals surface area contributed by atoms with Gasteiger partial charge in [-0.2, -0.15) is 13.2 Å². The van der Waals surface area contributed by atoms with Gasteiger partial charge in [0.2, 0.25) is 16.7 Å². The number of nitrogens with two attached hydrogens (primary N) is 1. The summed E-state index contributed by atoms with van der Waals surface area (Å²) in [5.74, 6) is -1.20. The molecule has 208 valence electrons. The van der Waals surface area contributed by atoms with Gasteiger partial charge in [0, 0.05) is 37.4 Å². The van der Waals surface area contributed by atoms with E-state index in [-0.39, 0.29) is 28.3 Å². The van der Waals surface area contributed by atoms with Crippen LogP contribution in [-0.4, -0.2) is 49.5 Å². The van der Waals surface area contributed by atoms with Crippen molar-refractivity contribution in [2.75, 3.05) is 46.4 Å². The van der Waals surface area contributed by atoms with E-state index < -0.39 is 28.7 Å². The normalized spacial score (nSPS) is 14.0. The molecule has 0 amide bonds. The molecular weight excluding hydrogens is 550 g/mol. The number of hydrogen-bond donors (Lipinski definition) is 3. The van der Waals surface area contributed by atoms with Crippen molar-refractivity contribution in [3.63, 3.8) is 0 Å². The largest absolute Gasteiger partial charge is 0.451 e. The molecule has 3 heterocycles. The Morgan fingerprint density at radius 3 is 2.20 bits per heavy atom. The average molecular weight is 574 g/mol. The summed E-state index contributed by atoms with van der Waals surface area (Å²) in [6.45, 7) is 1.48. The molecule has 1 saturated heterocycles. The van der Waals surface area contributed by atoms with Crippen LogP contribution in [0.25, 0.3) is 22.4 Å². The SMILES string of the molecule is Nc1ccc(N2CCN(c3nc(C(F)(F)F)nc(-c4ccc(F)cc4)c3-c3cccc(N[SH](=O)=O)c3)CC2)nc1. The molecule has 4 aromatic rings. The van der Waals surface area contributed by atoms with Crippen LogP contribution in [0, 0.1) is 5.82 Å². The fourth-order valence-corrected chi connectivity index (χ4v) is 4.82. The summed E-state index contributed by atoms with van der Waals surface area (Å²) in [4.78, 5) is 15.9. The number of nitrogens with one attached hydrogen (secondary N) is 1. The predicted octanol–water partition coefficient (Wildman–Crippen LogP) is 4.21. The lowest BCUT2D eigenvalue weighted by Crippen LogP contribution is -2.47. The van der Waals surface area contributed by atoms with E-state index in [1.54, 1.807) is 29.2 Å². The van der Waals surface area contributed by atoms with E-state index in [0.29, 0.717) is 43.2 Å². The third-order valence-electron chi connectivity index (χ3n) is 6.31. The second-order valence-corrected chi connectivity index (χ2v) is 9.71. The first-order valence-corrected chi connectivity index (χ1v) is 13.2. The monoisotopic (exact) mass is 573 g/mol. The molecule has 40 heavy (non-hydrogen) atoms. The van der Waals surface area contributed by atoms with Crippen molar-refractivity contribution in [1.82, 2.24) is 15.0 Å². The Hall–Kier alpha value is -4.46. The zero-order chi connectivity index (χ0) is 28.4. The number of nitrogens with zero attached hydrogens (tertiary/aromatic N) is 5. The van der Waals surface area contributed by atoms with Gasteiger partial charge < -0.3 is 15.5 Å². The summed E-state index contributed by atoms with van der Waals surface area (Å²) in [5.41, 5.74) is 7.26. The fraction of sp³-hybridized carbons (Fsp3) is 0.192. The molecule has 2 aromatic heterocycles. The zero-order valence-electron chi connectivity index (χ0n) is 20.8. The van der Waals surface area contributed by atoms with Gasteiger partial charge in [-0.1, -0.05) is 12.1 Å². The van der Waals surface area contributed by atoms with Crippen LogP contribution in [0.3, 0.4) is 0 Å². The minimum Gasteiger partial charge on any atom is -0.397 e. The maximum Gasteiger partial charge on any atom is 0.451 e. The summed E-state index contributed by atoms with van der Waals surface area (Å²) in [6.07, 6.45) is -3.33. The number of rotatable bonds is 6. The summed E-state index contributed by atoms with van der Waals surface area (Å²) in [5, 5.41) is 0. The van der Waals surface area contributed by atoms with Gasteiger partial charge in [-0.25, -0.2) is 27.8 Å². The van der Waals surface area contributed by atoms with Crippen LogP contribution < -0.4 is 20.3 Å². The van der Waals surface area contributed by atoms with Crippen molar-refractivity contribution in [1.29, 1.82) is 0 Å². The smallest absolute Gasteiger partial charge is 0.397 e. The summed E-state index contributed by atoms with van der Waals surface area (Å²) in [6, 6.07) is 14.6. The highest BCUT2D eigenvalue weighted by molar-refractivity contribution is 7.73. The molecule has 9 nitrogen and oxygen atoms in total. The van der Waals surface area contributed by atoms with Crippen LogP contribution in [0.4, 0.5) is 40.6 Å². The third-order valence-corrected chi connectivity index (χ3v) is 6.75. The van der Waals surface area contributed by atoms with E-state index in [1.165, 1.54) is 30.5 Å². The molecule has 1 aliphatic rings. The summed E-state index contributed by atoms with van der Waals surface area (Å²) in [7, 11) is -2.98. The number of aromatic nitrogens is 3. The molecule has 3 N–H and O–H groups in total. The lowest BCUT2D eigenvalue weighted by Gasteiger charge is -2.37. The number of piperazine rings is 1. The van der Waals surface area contributed by atoms with Crippen molar-refractivity contribution < 1.29 is 26.0 Å². The molecule has 0 radical (unpaired) electrons. The van der Waals surface area contributed by atoms with E-state index in [0.717, 1.165) is 12.1 Å². The molecule has 0 bridgehead atoms. The van der Waals surface area contributed by atoms with E-state index in [1.807, 2.05) is 4.90 Å². The lowest BCUT2D eigenvalue weighted by molar-refractivity contribution is -0.144. The fourth-order valence-electron chi connectivity index (χ4n) is 4.47. The van der Waals surface area contributed by atoms with E-state index in [2.05, 4.69) is 19.7 Å². The standard InChI is InChI=1S/C26H23F4N7O2S/c27-18-6-4-16(5-7-18)23-22(17-2-1-3-20(14-17)35-40(38)39)24(34-25(33-23)26(28,29)30)37-12-10-36(11-13-37)21-9-8-19(31)15-32-21/h1-9,14-15,40H,10-13,31H2,(H,35,38,39). The molecular formula is C26H23F4N7O2S. The Bertz CT molecular complexity index is 1580. The molecule has 2 aromatic carbocycles. The Balaban J connectivity index is 1.65. The van der Waals surface area contributed by atoms with Crippen molar-refractivity contribution in [2.24, 2.45) is 0 Å². The van der Waals surface area contributed by atoms with Crippen molar-refractivity contribution >= 4 is 33.9 Å². The van der Waals surface area contributed by atoms with E-state index >= 15 is 0 Å². The van der Waals surface area contributed by atoms with Crippen LogP contribution in [0.15, 0.2) is 66.9 Å². The molecule has 1 aliphatic heterocycles. The van der Waals surface area contributed by atoms with Gasteiger partial charge in [0.1, 0.15) is 17.5 Å². The summed E-state index contributed by atoms with van der Waals surface area (Å²) >= 11 is 0. The Morgan fingerprint density at radius 2 is 1.57 bits per heavy atom. The minimum absolute atomic E-state index is 0.0234.